The summed E-state index contributed by atoms with van der Waals surface area (Å²) in [5, 5.41) is 19.3. The third kappa shape index (κ3) is 4.05. The molecule has 0 radical (unpaired) electrons. The molecule has 158 valence electrons. The molecular weight excluding hydrogens is 388 g/mol. The van der Waals surface area contributed by atoms with Crippen molar-refractivity contribution in [2.75, 3.05) is 13.2 Å². The van der Waals surface area contributed by atoms with E-state index >= 15 is 0 Å². The smallest absolute Gasteiger partial charge is 0.358 e. The minimum atomic E-state index is -0.738. The van der Waals surface area contributed by atoms with E-state index in [1.54, 1.807) is 73.5 Å². The van der Waals surface area contributed by atoms with Crippen molar-refractivity contribution in [3.8, 4) is 5.75 Å². The van der Waals surface area contributed by atoms with E-state index in [1.807, 2.05) is 0 Å². The van der Waals surface area contributed by atoms with Crippen molar-refractivity contribution < 1.29 is 24.2 Å². The van der Waals surface area contributed by atoms with E-state index in [4.69, 9.17) is 9.47 Å². The van der Waals surface area contributed by atoms with E-state index in [0.29, 0.717) is 17.0 Å². The molecule has 1 aromatic carbocycles. The second kappa shape index (κ2) is 8.81. The van der Waals surface area contributed by atoms with Gasteiger partial charge in [-0.2, -0.15) is 10.2 Å². The number of phenolic OH excluding ortho intramolecular Hbond substituents is 1. The molecule has 0 bridgehead atoms. The fourth-order valence-electron chi connectivity index (χ4n) is 3.15. The number of aromatic nitrogens is 4. The monoisotopic (exact) mass is 412 g/mol. The lowest BCUT2D eigenvalue weighted by molar-refractivity contribution is 0.0510. The van der Waals surface area contributed by atoms with Crippen LogP contribution in [0.15, 0.2) is 36.4 Å². The Balaban J connectivity index is 2.16. The largest absolute Gasteiger partial charge is 0.508 e. The maximum absolute atomic E-state index is 12.2. The summed E-state index contributed by atoms with van der Waals surface area (Å²) in [6.07, 6.45) is -0.738. The SMILES string of the molecule is CCOC(=O)c1cc(C)n(C(c2ccccc2O)n2nc(C(=O)OCC)cc2C)n1. The van der Waals surface area contributed by atoms with Crippen LogP contribution in [-0.2, 0) is 9.47 Å². The van der Waals surface area contributed by atoms with Crippen LogP contribution in [0.1, 0.15) is 57.9 Å². The van der Waals surface area contributed by atoms with E-state index in [2.05, 4.69) is 10.2 Å². The van der Waals surface area contributed by atoms with Crippen LogP contribution in [0.3, 0.4) is 0 Å². The highest BCUT2D eigenvalue weighted by atomic mass is 16.5. The van der Waals surface area contributed by atoms with Crippen molar-refractivity contribution in [2.45, 2.75) is 33.9 Å². The van der Waals surface area contributed by atoms with Gasteiger partial charge in [0.05, 0.1) is 13.2 Å². The molecule has 2 aromatic heterocycles. The predicted octanol–water partition coefficient (Wildman–Crippen LogP) is 2.85. The summed E-state index contributed by atoms with van der Waals surface area (Å²) in [5.74, 6) is -1.05. The standard InChI is InChI=1S/C21H24N4O5/c1-5-29-20(27)16-11-13(3)24(22-16)19(15-9-7-8-10-18(15)26)25-14(4)12-17(23-25)21(28)30-6-2/h7-12,19,26H,5-6H2,1-4H3. The number of carbonyl (C=O) groups excluding carboxylic acids is 2. The summed E-state index contributed by atoms with van der Waals surface area (Å²) in [6.45, 7) is 7.47. The number of nitrogens with zero attached hydrogens (tertiary/aromatic N) is 4. The molecular formula is C21H24N4O5. The predicted molar refractivity (Wildman–Crippen MR) is 107 cm³/mol. The lowest BCUT2D eigenvalue weighted by Gasteiger charge is -2.22. The average Bonchev–Trinajstić information content (AvgIpc) is 3.28. The van der Waals surface area contributed by atoms with Gasteiger partial charge in [-0.05, 0) is 45.9 Å². The summed E-state index contributed by atoms with van der Waals surface area (Å²) in [4.78, 5) is 24.3. The molecule has 0 unspecified atom stereocenters. The minimum absolute atomic E-state index is 0.0302. The van der Waals surface area contributed by atoms with Gasteiger partial charge in [-0.3, -0.25) is 0 Å². The van der Waals surface area contributed by atoms with Crippen LogP contribution in [-0.4, -0.2) is 49.8 Å². The lowest BCUT2D eigenvalue weighted by Crippen LogP contribution is -2.25. The molecule has 2 heterocycles. The molecule has 1 N–H and O–H groups in total. The molecule has 0 aliphatic rings. The molecule has 0 fully saturated rings. The lowest BCUT2D eigenvalue weighted by atomic mass is 10.1. The van der Waals surface area contributed by atoms with Crippen molar-refractivity contribution >= 4 is 11.9 Å². The zero-order chi connectivity index (χ0) is 21.8. The first-order valence-electron chi connectivity index (χ1n) is 9.61. The highest BCUT2D eigenvalue weighted by molar-refractivity contribution is 5.87. The Kier molecular flexibility index (Phi) is 6.20. The van der Waals surface area contributed by atoms with Gasteiger partial charge in [-0.1, -0.05) is 18.2 Å². The molecule has 30 heavy (non-hydrogen) atoms. The van der Waals surface area contributed by atoms with Gasteiger partial charge in [-0.25, -0.2) is 19.0 Å². The zero-order valence-corrected chi connectivity index (χ0v) is 17.3. The quantitative estimate of drug-likeness (QED) is 0.594. The summed E-state index contributed by atoms with van der Waals surface area (Å²) in [5.41, 5.74) is 2.09. The van der Waals surface area contributed by atoms with Crippen LogP contribution in [0, 0.1) is 13.8 Å². The van der Waals surface area contributed by atoms with Crippen LogP contribution in [0.25, 0.3) is 0 Å². The number of rotatable bonds is 7. The highest BCUT2D eigenvalue weighted by Crippen LogP contribution is 2.30. The van der Waals surface area contributed by atoms with E-state index in [1.165, 1.54) is 0 Å². The van der Waals surface area contributed by atoms with Crippen molar-refractivity contribution in [2.24, 2.45) is 0 Å². The molecule has 3 aromatic rings. The Labute approximate surface area is 173 Å². The molecule has 9 heteroatoms. The number of hydrogen-bond donors (Lipinski definition) is 1. The topological polar surface area (TPSA) is 108 Å². The number of benzene rings is 1. The molecule has 0 aliphatic carbocycles. The van der Waals surface area contributed by atoms with Gasteiger partial charge in [0.25, 0.3) is 0 Å². The maximum atomic E-state index is 12.2. The number of ether oxygens (including phenoxy) is 2. The average molecular weight is 412 g/mol. The number of aryl methyl sites for hydroxylation is 2. The third-order valence-electron chi connectivity index (χ3n) is 4.49. The number of hydrogen-bond acceptors (Lipinski definition) is 7. The molecule has 0 saturated heterocycles. The van der Waals surface area contributed by atoms with Crippen molar-refractivity contribution in [1.29, 1.82) is 0 Å². The molecule has 3 rings (SSSR count). The van der Waals surface area contributed by atoms with Crippen molar-refractivity contribution in [3.05, 3.63) is 64.7 Å². The summed E-state index contributed by atoms with van der Waals surface area (Å²) < 4.78 is 13.2. The van der Waals surface area contributed by atoms with Gasteiger partial charge >= 0.3 is 11.9 Å². The van der Waals surface area contributed by atoms with Gasteiger partial charge in [0.15, 0.2) is 17.6 Å². The number of aromatic hydroxyl groups is 1. The van der Waals surface area contributed by atoms with E-state index in [-0.39, 0.29) is 30.4 Å². The van der Waals surface area contributed by atoms with Gasteiger partial charge in [0.1, 0.15) is 5.75 Å². The van der Waals surface area contributed by atoms with Gasteiger partial charge in [0.2, 0.25) is 0 Å². The van der Waals surface area contributed by atoms with Crippen LogP contribution >= 0.6 is 0 Å². The number of para-hydroxylation sites is 1. The highest BCUT2D eigenvalue weighted by Gasteiger charge is 2.27. The van der Waals surface area contributed by atoms with Gasteiger partial charge < -0.3 is 14.6 Å². The number of phenols is 1. The van der Waals surface area contributed by atoms with Crippen LogP contribution in [0.2, 0.25) is 0 Å². The Morgan fingerprint density at radius 3 is 1.83 bits per heavy atom. The Hall–Kier alpha value is -3.62. The Morgan fingerprint density at radius 1 is 0.933 bits per heavy atom. The second-order valence-corrected chi connectivity index (χ2v) is 6.60. The number of esters is 2. The molecule has 0 aliphatic heterocycles. The fraction of sp³-hybridized carbons (Fsp3) is 0.333. The normalized spacial score (nSPS) is 11.0. The molecule has 0 saturated carbocycles. The second-order valence-electron chi connectivity index (χ2n) is 6.60. The van der Waals surface area contributed by atoms with Crippen LogP contribution in [0.5, 0.6) is 5.75 Å². The minimum Gasteiger partial charge on any atom is -0.508 e. The molecule has 0 amide bonds. The first kappa shape index (κ1) is 21.1. The van der Waals surface area contributed by atoms with Crippen molar-refractivity contribution in [3.63, 3.8) is 0 Å². The number of carbonyl (C=O) groups is 2. The molecule has 0 atom stereocenters. The van der Waals surface area contributed by atoms with Crippen LogP contribution < -0.4 is 0 Å². The summed E-state index contributed by atoms with van der Waals surface area (Å²) >= 11 is 0. The van der Waals surface area contributed by atoms with E-state index < -0.39 is 18.1 Å². The molecule has 0 spiro atoms. The summed E-state index contributed by atoms with van der Waals surface area (Å²) in [7, 11) is 0. The van der Waals surface area contributed by atoms with E-state index in [9.17, 15) is 14.7 Å². The zero-order valence-electron chi connectivity index (χ0n) is 17.3. The fourth-order valence-corrected chi connectivity index (χ4v) is 3.15. The van der Waals surface area contributed by atoms with Crippen LogP contribution in [0.4, 0.5) is 0 Å². The summed E-state index contributed by atoms with van der Waals surface area (Å²) in [6, 6.07) is 9.98. The third-order valence-corrected chi connectivity index (χ3v) is 4.49. The first-order chi connectivity index (χ1) is 14.4. The van der Waals surface area contributed by atoms with E-state index in [0.717, 1.165) is 0 Å². The Bertz CT molecular complexity index is 1010. The van der Waals surface area contributed by atoms with Gasteiger partial charge in [-0.15, -0.1) is 0 Å². The van der Waals surface area contributed by atoms with Crippen molar-refractivity contribution in [1.82, 2.24) is 19.6 Å². The maximum Gasteiger partial charge on any atom is 0.358 e. The molecule has 9 nitrogen and oxygen atoms in total. The Morgan fingerprint density at radius 2 is 1.40 bits per heavy atom. The first-order valence-corrected chi connectivity index (χ1v) is 9.61. The van der Waals surface area contributed by atoms with Gasteiger partial charge in [0, 0.05) is 17.0 Å².